The highest BCUT2D eigenvalue weighted by Gasteiger charge is 2.35. The Kier molecular flexibility index (Phi) is 3.65. The molecular weight excluding hydrogens is 272 g/mol. The summed E-state index contributed by atoms with van der Waals surface area (Å²) in [5, 5.41) is 2.58. The summed E-state index contributed by atoms with van der Waals surface area (Å²) >= 11 is 0. The van der Waals surface area contributed by atoms with E-state index in [2.05, 4.69) is 10.3 Å². The predicted molar refractivity (Wildman–Crippen MR) is 77.4 cm³/mol. The van der Waals surface area contributed by atoms with Gasteiger partial charge in [0.25, 0.3) is 0 Å². The van der Waals surface area contributed by atoms with Crippen LogP contribution in [-0.4, -0.2) is 29.3 Å². The Balaban J connectivity index is 2.25. The zero-order valence-electron chi connectivity index (χ0n) is 12.9. The lowest BCUT2D eigenvalue weighted by Crippen LogP contribution is -2.35. The Morgan fingerprint density at radius 2 is 2.05 bits per heavy atom. The number of carbonyl (C=O) groups is 2. The molecule has 6 heteroatoms. The Labute approximate surface area is 123 Å². The minimum atomic E-state index is -0.582. The lowest BCUT2D eigenvalue weighted by molar-refractivity contribution is 0.0366. The van der Waals surface area contributed by atoms with Gasteiger partial charge in [0.2, 0.25) is 0 Å². The van der Waals surface area contributed by atoms with Crippen molar-refractivity contribution in [2.24, 2.45) is 0 Å². The van der Waals surface area contributed by atoms with Crippen molar-refractivity contribution >= 4 is 17.9 Å². The van der Waals surface area contributed by atoms with Crippen molar-refractivity contribution in [3.63, 3.8) is 0 Å². The van der Waals surface area contributed by atoms with Gasteiger partial charge >= 0.3 is 12.1 Å². The molecule has 114 valence electrons. The van der Waals surface area contributed by atoms with Gasteiger partial charge in [0.05, 0.1) is 11.3 Å². The van der Waals surface area contributed by atoms with Crippen LogP contribution in [0.1, 0.15) is 50.7 Å². The largest absolute Gasteiger partial charge is 0.461 e. The number of esters is 1. The fourth-order valence-electron chi connectivity index (χ4n) is 2.01. The fraction of sp³-hybridized carbons (Fsp3) is 0.533. The minimum absolute atomic E-state index is 0.266. The number of rotatable bonds is 1. The van der Waals surface area contributed by atoms with Gasteiger partial charge in [-0.2, -0.15) is 0 Å². The molecule has 0 radical (unpaired) electrons. The molecule has 0 aliphatic carbocycles. The van der Waals surface area contributed by atoms with Gasteiger partial charge in [0.15, 0.2) is 0 Å². The van der Waals surface area contributed by atoms with E-state index in [1.54, 1.807) is 32.9 Å². The number of cyclic esters (lactones) is 1. The van der Waals surface area contributed by atoms with Crippen molar-refractivity contribution in [3.8, 4) is 0 Å². The SMILES string of the molecule is CC(C)(C)OC(=O)Nc1ccc2c(n1)C(C)(C)COC2=O. The van der Waals surface area contributed by atoms with Gasteiger partial charge in [0, 0.05) is 5.41 Å². The Morgan fingerprint density at radius 1 is 1.38 bits per heavy atom. The molecule has 0 fully saturated rings. The lowest BCUT2D eigenvalue weighted by atomic mass is 9.85. The van der Waals surface area contributed by atoms with Crippen molar-refractivity contribution in [2.45, 2.75) is 45.6 Å². The van der Waals surface area contributed by atoms with E-state index in [9.17, 15) is 9.59 Å². The number of fused-ring (bicyclic) bond motifs is 1. The second-order valence-electron chi connectivity index (χ2n) is 6.68. The molecule has 2 heterocycles. The minimum Gasteiger partial charge on any atom is -0.461 e. The predicted octanol–water partition coefficient (Wildman–Crippen LogP) is 2.88. The van der Waals surface area contributed by atoms with Crippen LogP contribution in [0.2, 0.25) is 0 Å². The monoisotopic (exact) mass is 292 g/mol. The molecule has 1 aromatic rings. The van der Waals surface area contributed by atoms with E-state index in [0.717, 1.165) is 0 Å². The van der Waals surface area contributed by atoms with E-state index >= 15 is 0 Å². The van der Waals surface area contributed by atoms with Gasteiger partial charge < -0.3 is 9.47 Å². The van der Waals surface area contributed by atoms with Gasteiger partial charge in [-0.05, 0) is 32.9 Å². The number of nitrogens with zero attached hydrogens (tertiary/aromatic N) is 1. The first-order valence-corrected chi connectivity index (χ1v) is 6.77. The van der Waals surface area contributed by atoms with Crippen molar-refractivity contribution in [2.75, 3.05) is 11.9 Å². The van der Waals surface area contributed by atoms with Gasteiger partial charge in [-0.1, -0.05) is 13.8 Å². The third kappa shape index (κ3) is 3.51. The van der Waals surface area contributed by atoms with Crippen LogP contribution in [0.3, 0.4) is 0 Å². The molecule has 0 spiro atoms. The molecule has 1 amide bonds. The summed E-state index contributed by atoms with van der Waals surface area (Å²) in [6.45, 7) is 9.48. The maximum absolute atomic E-state index is 11.8. The Hall–Kier alpha value is -2.11. The number of carbonyl (C=O) groups excluding carboxylic acids is 2. The zero-order chi connectivity index (χ0) is 15.8. The fourth-order valence-corrected chi connectivity index (χ4v) is 2.01. The van der Waals surface area contributed by atoms with Crippen molar-refractivity contribution < 1.29 is 19.1 Å². The average Bonchev–Trinajstić information content (AvgIpc) is 2.32. The van der Waals surface area contributed by atoms with Gasteiger partial charge in [0.1, 0.15) is 18.0 Å². The summed E-state index contributed by atoms with van der Waals surface area (Å²) in [4.78, 5) is 27.9. The van der Waals surface area contributed by atoms with Gasteiger partial charge in [-0.3, -0.25) is 5.32 Å². The summed E-state index contributed by atoms with van der Waals surface area (Å²) in [5.41, 5.74) is 0.0734. The van der Waals surface area contributed by atoms with E-state index < -0.39 is 17.1 Å². The van der Waals surface area contributed by atoms with E-state index in [-0.39, 0.29) is 12.6 Å². The highest BCUT2D eigenvalue weighted by atomic mass is 16.6. The molecule has 0 bridgehead atoms. The quantitative estimate of drug-likeness (QED) is 0.805. The second-order valence-corrected chi connectivity index (χ2v) is 6.68. The van der Waals surface area contributed by atoms with E-state index in [1.807, 2.05) is 13.8 Å². The number of hydrogen-bond donors (Lipinski definition) is 1. The van der Waals surface area contributed by atoms with Gasteiger partial charge in [-0.25, -0.2) is 14.6 Å². The number of pyridine rings is 1. The number of anilines is 1. The molecule has 2 rings (SSSR count). The topological polar surface area (TPSA) is 77.5 Å². The molecule has 6 nitrogen and oxygen atoms in total. The highest BCUT2D eigenvalue weighted by Crippen LogP contribution is 2.31. The average molecular weight is 292 g/mol. The Bertz CT molecular complexity index is 588. The smallest absolute Gasteiger partial charge is 0.413 e. The van der Waals surface area contributed by atoms with Crippen molar-refractivity contribution in [1.29, 1.82) is 0 Å². The molecule has 1 aromatic heterocycles. The van der Waals surface area contributed by atoms with E-state index in [4.69, 9.17) is 9.47 Å². The summed E-state index contributed by atoms with van der Waals surface area (Å²) in [5.74, 6) is -0.0357. The summed E-state index contributed by atoms with van der Waals surface area (Å²) < 4.78 is 10.3. The summed E-state index contributed by atoms with van der Waals surface area (Å²) in [6.07, 6.45) is -0.578. The first-order chi connectivity index (χ1) is 9.58. The normalized spacial score (nSPS) is 16.7. The number of nitrogens with one attached hydrogen (secondary N) is 1. The van der Waals surface area contributed by atoms with Crippen molar-refractivity contribution in [1.82, 2.24) is 4.98 Å². The van der Waals surface area contributed by atoms with Crippen LogP contribution in [0, 0.1) is 0 Å². The molecule has 0 saturated heterocycles. The van der Waals surface area contributed by atoms with E-state index in [0.29, 0.717) is 17.1 Å². The van der Waals surface area contributed by atoms with Crippen LogP contribution < -0.4 is 5.32 Å². The molecule has 0 aromatic carbocycles. The number of ether oxygens (including phenoxy) is 2. The number of aromatic nitrogens is 1. The van der Waals surface area contributed by atoms with Gasteiger partial charge in [-0.15, -0.1) is 0 Å². The molecule has 21 heavy (non-hydrogen) atoms. The first-order valence-electron chi connectivity index (χ1n) is 6.77. The van der Waals surface area contributed by atoms with Crippen LogP contribution in [-0.2, 0) is 14.9 Å². The highest BCUT2D eigenvalue weighted by molar-refractivity contribution is 5.93. The molecule has 0 saturated carbocycles. The molecule has 1 N–H and O–H groups in total. The Morgan fingerprint density at radius 3 is 2.67 bits per heavy atom. The van der Waals surface area contributed by atoms with Crippen LogP contribution >= 0.6 is 0 Å². The lowest BCUT2D eigenvalue weighted by Gasteiger charge is -2.30. The number of amides is 1. The molecule has 1 aliphatic rings. The van der Waals surface area contributed by atoms with Crippen molar-refractivity contribution in [3.05, 3.63) is 23.4 Å². The zero-order valence-corrected chi connectivity index (χ0v) is 12.9. The van der Waals surface area contributed by atoms with E-state index in [1.165, 1.54) is 0 Å². The van der Waals surface area contributed by atoms with Crippen LogP contribution in [0.15, 0.2) is 12.1 Å². The molecule has 0 unspecified atom stereocenters. The molecular formula is C15H20N2O4. The second kappa shape index (κ2) is 5.02. The van der Waals surface area contributed by atoms with Crippen LogP contribution in [0.5, 0.6) is 0 Å². The van der Waals surface area contributed by atoms with Crippen LogP contribution in [0.25, 0.3) is 0 Å². The third-order valence-corrected chi connectivity index (χ3v) is 2.95. The molecule has 1 aliphatic heterocycles. The maximum atomic E-state index is 11.8. The summed E-state index contributed by atoms with van der Waals surface area (Å²) in [6, 6.07) is 3.17. The standard InChI is InChI=1S/C15H20N2O4/c1-14(2,3)21-13(19)17-10-7-6-9-11(16-10)15(4,5)8-20-12(9)18/h6-7H,8H2,1-5H3,(H,16,17,19). The third-order valence-electron chi connectivity index (χ3n) is 2.95. The van der Waals surface area contributed by atoms with Crippen LogP contribution in [0.4, 0.5) is 10.6 Å². The first kappa shape index (κ1) is 15.3. The summed E-state index contributed by atoms with van der Waals surface area (Å²) in [7, 11) is 0. The number of hydrogen-bond acceptors (Lipinski definition) is 5. The maximum Gasteiger partial charge on any atom is 0.413 e. The molecule has 0 atom stereocenters.